The molecule has 0 aliphatic heterocycles. The second-order valence-corrected chi connectivity index (χ2v) is 5.38. The third-order valence-electron chi connectivity index (χ3n) is 3.00. The zero-order chi connectivity index (χ0) is 13.8. The fourth-order valence-corrected chi connectivity index (χ4v) is 2.12. The summed E-state index contributed by atoms with van der Waals surface area (Å²) in [6.07, 6.45) is 2.39. The van der Waals surface area contributed by atoms with Gasteiger partial charge >= 0.3 is 6.01 Å². The van der Waals surface area contributed by atoms with E-state index in [-0.39, 0.29) is 6.10 Å². The highest BCUT2D eigenvalue weighted by molar-refractivity contribution is 5.37. The molecular weight excluding hydrogens is 242 g/mol. The summed E-state index contributed by atoms with van der Waals surface area (Å²) in [7, 11) is 0. The molecule has 19 heavy (non-hydrogen) atoms. The summed E-state index contributed by atoms with van der Waals surface area (Å²) in [5, 5.41) is 6.44. The Hall–Kier alpha value is -1.59. The van der Waals surface area contributed by atoms with Gasteiger partial charge in [-0.2, -0.15) is 15.0 Å². The molecule has 0 amide bonds. The number of anilines is 2. The number of ether oxygens (including phenoxy) is 1. The van der Waals surface area contributed by atoms with Crippen molar-refractivity contribution in [2.45, 2.75) is 52.7 Å². The predicted molar refractivity (Wildman–Crippen MR) is 75.6 cm³/mol. The van der Waals surface area contributed by atoms with Crippen molar-refractivity contribution in [2.75, 3.05) is 17.2 Å². The first-order valence-corrected chi connectivity index (χ1v) is 7.00. The molecule has 1 aromatic heterocycles. The fourth-order valence-electron chi connectivity index (χ4n) is 2.12. The first kappa shape index (κ1) is 13.8. The normalized spacial score (nSPS) is 21.9. The standard InChI is InChI=1S/C13H23N5O/c1-5-14-11-16-12(15-10-6-9(4)7-10)18-13(17-11)19-8(2)3/h8-10H,5-7H2,1-4H3,(H2,14,15,16,17,18). The van der Waals surface area contributed by atoms with E-state index in [9.17, 15) is 0 Å². The van der Waals surface area contributed by atoms with E-state index >= 15 is 0 Å². The van der Waals surface area contributed by atoms with Crippen LogP contribution in [0.25, 0.3) is 0 Å². The third kappa shape index (κ3) is 3.94. The molecule has 6 heteroatoms. The summed E-state index contributed by atoms with van der Waals surface area (Å²) in [5.41, 5.74) is 0. The minimum absolute atomic E-state index is 0.0495. The summed E-state index contributed by atoms with van der Waals surface area (Å²) >= 11 is 0. The van der Waals surface area contributed by atoms with Crippen molar-refractivity contribution in [3.63, 3.8) is 0 Å². The summed E-state index contributed by atoms with van der Waals surface area (Å²) in [5.74, 6) is 1.94. The molecule has 1 saturated carbocycles. The molecule has 0 saturated heterocycles. The molecule has 1 aliphatic carbocycles. The second-order valence-electron chi connectivity index (χ2n) is 5.38. The Morgan fingerprint density at radius 1 is 1.21 bits per heavy atom. The van der Waals surface area contributed by atoms with Gasteiger partial charge in [-0.05, 0) is 39.5 Å². The SMILES string of the molecule is CCNc1nc(NC2CC(C)C2)nc(OC(C)C)n1. The van der Waals surface area contributed by atoms with E-state index in [2.05, 4.69) is 32.5 Å². The molecule has 0 atom stereocenters. The van der Waals surface area contributed by atoms with Gasteiger partial charge in [0.25, 0.3) is 0 Å². The van der Waals surface area contributed by atoms with Crippen LogP contribution in [-0.4, -0.2) is 33.6 Å². The number of hydrogen-bond acceptors (Lipinski definition) is 6. The quantitative estimate of drug-likeness (QED) is 0.822. The Bertz CT molecular complexity index is 417. The van der Waals surface area contributed by atoms with Crippen LogP contribution < -0.4 is 15.4 Å². The van der Waals surface area contributed by atoms with Gasteiger partial charge in [0.2, 0.25) is 11.9 Å². The van der Waals surface area contributed by atoms with E-state index in [1.807, 2.05) is 20.8 Å². The van der Waals surface area contributed by atoms with Gasteiger partial charge in [0.05, 0.1) is 6.10 Å². The van der Waals surface area contributed by atoms with Crippen LogP contribution in [0.4, 0.5) is 11.9 Å². The minimum Gasteiger partial charge on any atom is -0.461 e. The van der Waals surface area contributed by atoms with Gasteiger partial charge in [0, 0.05) is 12.6 Å². The molecule has 0 unspecified atom stereocenters. The lowest BCUT2D eigenvalue weighted by Crippen LogP contribution is -2.34. The monoisotopic (exact) mass is 265 g/mol. The maximum atomic E-state index is 5.55. The summed E-state index contributed by atoms with van der Waals surface area (Å²) in [4.78, 5) is 12.9. The number of rotatable bonds is 6. The van der Waals surface area contributed by atoms with Gasteiger partial charge in [0.15, 0.2) is 0 Å². The Labute approximate surface area is 114 Å². The maximum absolute atomic E-state index is 5.55. The van der Waals surface area contributed by atoms with Crippen molar-refractivity contribution in [1.29, 1.82) is 0 Å². The number of nitrogens with zero attached hydrogens (tertiary/aromatic N) is 3. The highest BCUT2D eigenvalue weighted by Gasteiger charge is 2.26. The molecule has 1 fully saturated rings. The summed E-state index contributed by atoms with van der Waals surface area (Å²) in [6.45, 7) is 8.94. The largest absolute Gasteiger partial charge is 0.461 e. The number of aromatic nitrogens is 3. The van der Waals surface area contributed by atoms with Crippen LogP contribution in [-0.2, 0) is 0 Å². The van der Waals surface area contributed by atoms with Crippen LogP contribution in [0, 0.1) is 5.92 Å². The van der Waals surface area contributed by atoms with Gasteiger partial charge in [-0.1, -0.05) is 6.92 Å². The highest BCUT2D eigenvalue weighted by atomic mass is 16.5. The Morgan fingerprint density at radius 3 is 2.47 bits per heavy atom. The van der Waals surface area contributed by atoms with Crippen LogP contribution in [0.15, 0.2) is 0 Å². The molecule has 0 spiro atoms. The van der Waals surface area contributed by atoms with Crippen LogP contribution in [0.2, 0.25) is 0 Å². The lowest BCUT2D eigenvalue weighted by molar-refractivity contribution is 0.222. The molecule has 0 aromatic carbocycles. The van der Waals surface area contributed by atoms with Crippen LogP contribution in [0.3, 0.4) is 0 Å². The topological polar surface area (TPSA) is 72.0 Å². The van der Waals surface area contributed by atoms with Crippen molar-refractivity contribution in [2.24, 2.45) is 5.92 Å². The van der Waals surface area contributed by atoms with Gasteiger partial charge < -0.3 is 15.4 Å². The number of hydrogen-bond donors (Lipinski definition) is 2. The molecule has 1 aliphatic rings. The van der Waals surface area contributed by atoms with Crippen molar-refractivity contribution in [3.05, 3.63) is 0 Å². The number of nitrogens with one attached hydrogen (secondary N) is 2. The van der Waals surface area contributed by atoms with Gasteiger partial charge in [-0.3, -0.25) is 0 Å². The molecular formula is C13H23N5O. The smallest absolute Gasteiger partial charge is 0.323 e. The minimum atomic E-state index is 0.0495. The first-order valence-electron chi connectivity index (χ1n) is 7.00. The van der Waals surface area contributed by atoms with Crippen molar-refractivity contribution in [1.82, 2.24) is 15.0 Å². The maximum Gasteiger partial charge on any atom is 0.323 e. The van der Waals surface area contributed by atoms with Crippen molar-refractivity contribution in [3.8, 4) is 6.01 Å². The molecule has 0 radical (unpaired) electrons. The van der Waals surface area contributed by atoms with E-state index in [0.717, 1.165) is 12.5 Å². The van der Waals surface area contributed by atoms with E-state index in [1.54, 1.807) is 0 Å². The van der Waals surface area contributed by atoms with Crippen molar-refractivity contribution >= 4 is 11.9 Å². The predicted octanol–water partition coefficient (Wildman–Crippen LogP) is 2.30. The molecule has 2 N–H and O–H groups in total. The van der Waals surface area contributed by atoms with E-state index in [4.69, 9.17) is 4.74 Å². The zero-order valence-corrected chi connectivity index (χ0v) is 12.1. The van der Waals surface area contributed by atoms with Crippen LogP contribution in [0.1, 0.15) is 40.5 Å². The van der Waals surface area contributed by atoms with Gasteiger partial charge in [0.1, 0.15) is 0 Å². The van der Waals surface area contributed by atoms with Crippen molar-refractivity contribution < 1.29 is 4.74 Å². The zero-order valence-electron chi connectivity index (χ0n) is 12.1. The molecule has 1 heterocycles. The molecule has 0 bridgehead atoms. The fraction of sp³-hybridized carbons (Fsp3) is 0.769. The second kappa shape index (κ2) is 6.04. The molecule has 6 nitrogen and oxygen atoms in total. The third-order valence-corrected chi connectivity index (χ3v) is 3.00. The Kier molecular flexibility index (Phi) is 4.39. The highest BCUT2D eigenvalue weighted by Crippen LogP contribution is 2.29. The van der Waals surface area contributed by atoms with E-state index in [1.165, 1.54) is 12.8 Å². The Balaban J connectivity index is 2.09. The van der Waals surface area contributed by atoms with Crippen LogP contribution >= 0.6 is 0 Å². The average molecular weight is 265 g/mol. The van der Waals surface area contributed by atoms with E-state index < -0.39 is 0 Å². The molecule has 1 aromatic rings. The van der Waals surface area contributed by atoms with E-state index in [0.29, 0.717) is 23.9 Å². The van der Waals surface area contributed by atoms with Crippen LogP contribution in [0.5, 0.6) is 6.01 Å². The summed E-state index contributed by atoms with van der Waals surface area (Å²) < 4.78 is 5.55. The molecule has 106 valence electrons. The Morgan fingerprint density at radius 2 is 1.89 bits per heavy atom. The lowest BCUT2D eigenvalue weighted by atomic mass is 9.82. The van der Waals surface area contributed by atoms with Gasteiger partial charge in [-0.25, -0.2) is 0 Å². The van der Waals surface area contributed by atoms with Gasteiger partial charge in [-0.15, -0.1) is 0 Å². The first-order chi connectivity index (χ1) is 9.06. The molecule has 2 rings (SSSR count). The summed E-state index contributed by atoms with van der Waals surface area (Å²) in [6, 6.07) is 0.842. The lowest BCUT2D eigenvalue weighted by Gasteiger charge is -2.33. The average Bonchev–Trinajstić information content (AvgIpc) is 2.26.